The van der Waals surface area contributed by atoms with Crippen LogP contribution in [0.2, 0.25) is 0 Å². The van der Waals surface area contributed by atoms with Crippen LogP contribution in [0.25, 0.3) is 6.08 Å². The van der Waals surface area contributed by atoms with Crippen molar-refractivity contribution in [3.8, 4) is 0 Å². The van der Waals surface area contributed by atoms with E-state index >= 15 is 0 Å². The fraction of sp³-hybridized carbons (Fsp3) is 0.250. The van der Waals surface area contributed by atoms with Crippen molar-refractivity contribution in [2.45, 2.75) is 13.3 Å². The third kappa shape index (κ3) is 3.41. The molecule has 0 aromatic heterocycles. The molecule has 17 heavy (non-hydrogen) atoms. The Bertz CT molecular complexity index is 466. The Hall–Kier alpha value is -2.17. The van der Waals surface area contributed by atoms with Crippen LogP contribution in [0.3, 0.4) is 0 Å². The lowest BCUT2D eigenvalue weighted by atomic mass is 10.1. The van der Waals surface area contributed by atoms with Crippen molar-refractivity contribution < 1.29 is 14.5 Å². The molecular weight excluding hydrogens is 222 g/mol. The van der Waals surface area contributed by atoms with Crippen molar-refractivity contribution in [2.24, 2.45) is 0 Å². The van der Waals surface area contributed by atoms with Gasteiger partial charge in [-0.1, -0.05) is 24.3 Å². The van der Waals surface area contributed by atoms with Crippen LogP contribution >= 0.6 is 0 Å². The average molecular weight is 235 g/mol. The van der Waals surface area contributed by atoms with Crippen molar-refractivity contribution in [3.05, 3.63) is 45.5 Å². The molecule has 0 saturated heterocycles. The van der Waals surface area contributed by atoms with Crippen LogP contribution in [0.15, 0.2) is 24.3 Å². The first-order chi connectivity index (χ1) is 8.06. The summed E-state index contributed by atoms with van der Waals surface area (Å²) in [4.78, 5) is 21.2. The number of carbonyl (C=O) groups excluding carboxylic acids is 1. The molecule has 0 aliphatic heterocycles. The van der Waals surface area contributed by atoms with Gasteiger partial charge in [0.05, 0.1) is 18.5 Å². The molecule has 0 aliphatic carbocycles. The quantitative estimate of drug-likeness (QED) is 0.456. The lowest BCUT2D eigenvalue weighted by Crippen LogP contribution is -1.97. The van der Waals surface area contributed by atoms with Crippen molar-refractivity contribution in [2.75, 3.05) is 7.11 Å². The number of hydrogen-bond acceptors (Lipinski definition) is 4. The number of ether oxygens (including phenoxy) is 1. The second-order valence-electron chi connectivity index (χ2n) is 3.43. The van der Waals surface area contributed by atoms with Crippen molar-refractivity contribution >= 4 is 17.7 Å². The van der Waals surface area contributed by atoms with Crippen LogP contribution < -0.4 is 0 Å². The third-order valence-electron chi connectivity index (χ3n) is 2.35. The molecule has 0 spiro atoms. The van der Waals surface area contributed by atoms with E-state index in [9.17, 15) is 14.9 Å². The predicted molar refractivity (Wildman–Crippen MR) is 63.5 cm³/mol. The highest BCUT2D eigenvalue weighted by molar-refractivity contribution is 5.73. The summed E-state index contributed by atoms with van der Waals surface area (Å²) in [5.74, 6) is -0.343. The van der Waals surface area contributed by atoms with Crippen LogP contribution in [-0.2, 0) is 9.53 Å². The SMILES string of the molecule is COC(=O)CC=Cc1cccc([N+](=O)[O-])c1C. The predicted octanol–water partition coefficient (Wildman–Crippen LogP) is 2.48. The second-order valence-corrected chi connectivity index (χ2v) is 3.43. The number of esters is 1. The minimum absolute atomic E-state index is 0.0743. The smallest absolute Gasteiger partial charge is 0.309 e. The van der Waals surface area contributed by atoms with E-state index in [4.69, 9.17) is 0 Å². The molecule has 5 heteroatoms. The Kier molecular flexibility index (Phi) is 4.39. The van der Waals surface area contributed by atoms with Gasteiger partial charge in [0.25, 0.3) is 5.69 Å². The van der Waals surface area contributed by atoms with Gasteiger partial charge >= 0.3 is 5.97 Å². The summed E-state index contributed by atoms with van der Waals surface area (Å²) >= 11 is 0. The first-order valence-electron chi connectivity index (χ1n) is 5.03. The summed E-state index contributed by atoms with van der Waals surface area (Å²) in [5.41, 5.74) is 1.38. The van der Waals surface area contributed by atoms with E-state index < -0.39 is 4.92 Å². The first-order valence-corrected chi connectivity index (χ1v) is 5.03. The number of carbonyl (C=O) groups is 1. The number of nitrogens with zero attached hydrogens (tertiary/aromatic N) is 1. The molecule has 1 aromatic rings. The molecule has 1 rings (SSSR count). The van der Waals surface area contributed by atoms with Gasteiger partial charge in [-0.25, -0.2) is 0 Å². The van der Waals surface area contributed by atoms with Gasteiger partial charge in [0.1, 0.15) is 0 Å². The number of nitro groups is 1. The monoisotopic (exact) mass is 235 g/mol. The fourth-order valence-electron chi connectivity index (χ4n) is 1.38. The number of benzene rings is 1. The Labute approximate surface area is 98.9 Å². The summed E-state index contributed by atoms with van der Waals surface area (Å²) in [6.07, 6.45) is 3.45. The topological polar surface area (TPSA) is 69.4 Å². The van der Waals surface area contributed by atoms with E-state index in [2.05, 4.69) is 4.74 Å². The molecule has 1 aromatic carbocycles. The Morgan fingerprint density at radius 3 is 2.82 bits per heavy atom. The van der Waals surface area contributed by atoms with E-state index in [1.54, 1.807) is 31.2 Å². The largest absolute Gasteiger partial charge is 0.469 e. The van der Waals surface area contributed by atoms with Gasteiger partial charge in [-0.15, -0.1) is 0 Å². The molecule has 0 aliphatic rings. The van der Waals surface area contributed by atoms with Crippen LogP contribution in [0.4, 0.5) is 5.69 Å². The lowest BCUT2D eigenvalue weighted by molar-refractivity contribution is -0.385. The normalized spacial score (nSPS) is 10.5. The highest BCUT2D eigenvalue weighted by Crippen LogP contribution is 2.22. The van der Waals surface area contributed by atoms with Gasteiger partial charge < -0.3 is 4.74 Å². The van der Waals surface area contributed by atoms with Gasteiger partial charge in [-0.2, -0.15) is 0 Å². The Morgan fingerprint density at radius 1 is 1.53 bits per heavy atom. The van der Waals surface area contributed by atoms with E-state index in [0.717, 1.165) is 5.56 Å². The van der Waals surface area contributed by atoms with Gasteiger partial charge in [0, 0.05) is 11.6 Å². The molecule has 0 fully saturated rings. The molecule has 0 radical (unpaired) electrons. The summed E-state index contributed by atoms with van der Waals surface area (Å²) in [7, 11) is 1.31. The molecule has 0 atom stereocenters. The van der Waals surface area contributed by atoms with Crippen molar-refractivity contribution in [1.82, 2.24) is 0 Å². The Morgan fingerprint density at radius 2 is 2.24 bits per heavy atom. The molecule has 0 unspecified atom stereocenters. The maximum atomic E-state index is 10.9. The fourth-order valence-corrected chi connectivity index (χ4v) is 1.38. The molecule has 0 saturated carbocycles. The minimum atomic E-state index is -0.424. The molecule has 0 heterocycles. The zero-order chi connectivity index (χ0) is 12.8. The lowest BCUT2D eigenvalue weighted by Gasteiger charge is -2.01. The Balaban J connectivity index is 2.89. The summed E-state index contributed by atoms with van der Waals surface area (Å²) in [6.45, 7) is 1.68. The van der Waals surface area contributed by atoms with Crippen LogP contribution in [0.5, 0.6) is 0 Å². The highest BCUT2D eigenvalue weighted by atomic mass is 16.6. The number of methoxy groups -OCH3 is 1. The summed E-state index contributed by atoms with van der Waals surface area (Å²) in [6, 6.07) is 4.83. The summed E-state index contributed by atoms with van der Waals surface area (Å²) in [5, 5.41) is 10.7. The molecule has 0 bridgehead atoms. The standard InChI is InChI=1S/C12H13NO4/c1-9-10(6-4-8-12(14)17-2)5-3-7-11(9)13(15)16/h3-7H,8H2,1-2H3. The minimum Gasteiger partial charge on any atom is -0.469 e. The second kappa shape index (κ2) is 5.79. The van der Waals surface area contributed by atoms with Crippen LogP contribution in [-0.4, -0.2) is 18.0 Å². The number of nitro benzene ring substituents is 1. The molecular formula is C12H13NO4. The van der Waals surface area contributed by atoms with Crippen molar-refractivity contribution in [3.63, 3.8) is 0 Å². The van der Waals surface area contributed by atoms with E-state index in [1.165, 1.54) is 13.2 Å². The van der Waals surface area contributed by atoms with Gasteiger partial charge in [0.15, 0.2) is 0 Å². The number of hydrogen-bond donors (Lipinski definition) is 0. The van der Waals surface area contributed by atoms with Crippen molar-refractivity contribution in [1.29, 1.82) is 0 Å². The number of rotatable bonds is 4. The average Bonchev–Trinajstić information content (AvgIpc) is 2.30. The molecule has 5 nitrogen and oxygen atoms in total. The zero-order valence-corrected chi connectivity index (χ0v) is 9.67. The van der Waals surface area contributed by atoms with E-state index in [0.29, 0.717) is 5.56 Å². The third-order valence-corrected chi connectivity index (χ3v) is 2.35. The van der Waals surface area contributed by atoms with Crippen LogP contribution in [0.1, 0.15) is 17.5 Å². The first kappa shape index (κ1) is 12.9. The van der Waals surface area contributed by atoms with Crippen LogP contribution in [0, 0.1) is 17.0 Å². The van der Waals surface area contributed by atoms with Gasteiger partial charge in [0.2, 0.25) is 0 Å². The zero-order valence-electron chi connectivity index (χ0n) is 9.67. The van der Waals surface area contributed by atoms with Gasteiger partial charge in [-0.05, 0) is 12.5 Å². The van der Waals surface area contributed by atoms with E-state index in [1.807, 2.05) is 0 Å². The van der Waals surface area contributed by atoms with Gasteiger partial charge in [-0.3, -0.25) is 14.9 Å². The molecule has 0 N–H and O–H groups in total. The van der Waals surface area contributed by atoms with E-state index in [-0.39, 0.29) is 18.1 Å². The highest BCUT2D eigenvalue weighted by Gasteiger charge is 2.11. The molecule has 0 amide bonds. The maximum Gasteiger partial charge on any atom is 0.309 e. The maximum absolute atomic E-state index is 10.9. The molecule has 90 valence electrons. The summed E-state index contributed by atoms with van der Waals surface area (Å²) < 4.78 is 4.48.